The van der Waals surface area contributed by atoms with E-state index in [1.54, 1.807) is 0 Å². The Morgan fingerprint density at radius 1 is 1.32 bits per heavy atom. The number of hydrogen-bond donors (Lipinski definition) is 3. The number of ether oxygens (including phenoxy) is 1. The number of nitrogens with two attached hydrogens (primary N) is 1. The maximum absolute atomic E-state index is 11.2. The molecule has 5 heteroatoms. The summed E-state index contributed by atoms with van der Waals surface area (Å²) in [5.74, 6) is 0.652. The summed E-state index contributed by atoms with van der Waals surface area (Å²) < 4.78 is 5.89. The highest BCUT2D eigenvalue weighted by molar-refractivity contribution is 5.89. The molecule has 3 rings (SSSR count). The fourth-order valence-electron chi connectivity index (χ4n) is 2.67. The van der Waals surface area contributed by atoms with Gasteiger partial charge in [-0.3, -0.25) is 4.79 Å². The van der Waals surface area contributed by atoms with Crippen LogP contribution in [0.3, 0.4) is 0 Å². The van der Waals surface area contributed by atoms with E-state index in [9.17, 15) is 4.79 Å². The van der Waals surface area contributed by atoms with Crippen molar-refractivity contribution >= 4 is 17.3 Å². The van der Waals surface area contributed by atoms with E-state index in [2.05, 4.69) is 10.6 Å². The average molecular weight is 297 g/mol. The predicted molar refractivity (Wildman–Crippen MR) is 87.0 cm³/mol. The van der Waals surface area contributed by atoms with Gasteiger partial charge < -0.3 is 21.1 Å². The molecule has 5 nitrogen and oxygen atoms in total. The number of benzene rings is 2. The Hall–Kier alpha value is -2.53. The summed E-state index contributed by atoms with van der Waals surface area (Å²) >= 11 is 0. The highest BCUT2D eigenvalue weighted by Gasteiger charge is 2.36. The van der Waals surface area contributed by atoms with Crippen LogP contribution >= 0.6 is 0 Å². The average Bonchev–Trinajstić information content (AvgIpc) is 2.54. The lowest BCUT2D eigenvalue weighted by Crippen LogP contribution is -2.49. The predicted octanol–water partition coefficient (Wildman–Crippen LogP) is 2.30. The van der Waals surface area contributed by atoms with Crippen molar-refractivity contribution in [3.05, 3.63) is 54.1 Å². The standard InChI is InChI=1S/C17H19N3O2/c1-12(21)19-14-7-8-16-15(9-14)20-17(10-18,11-22-16)13-5-3-2-4-6-13/h2-9,20H,10-11,18H2,1H3,(H,19,21). The molecule has 2 aromatic rings. The molecule has 0 aromatic heterocycles. The van der Waals surface area contributed by atoms with Gasteiger partial charge in [0.1, 0.15) is 17.9 Å². The first-order valence-corrected chi connectivity index (χ1v) is 7.21. The Balaban J connectivity index is 1.95. The molecular weight excluding hydrogens is 278 g/mol. The van der Waals surface area contributed by atoms with Crippen LogP contribution in [0.2, 0.25) is 0 Å². The van der Waals surface area contributed by atoms with Crippen LogP contribution in [-0.2, 0) is 10.3 Å². The number of anilines is 2. The molecule has 1 aliphatic rings. The Bertz CT molecular complexity index is 688. The zero-order valence-electron chi connectivity index (χ0n) is 12.4. The third-order valence-corrected chi connectivity index (χ3v) is 3.82. The van der Waals surface area contributed by atoms with Gasteiger partial charge in [-0.25, -0.2) is 0 Å². The molecular formula is C17H19N3O2. The van der Waals surface area contributed by atoms with E-state index < -0.39 is 5.54 Å². The number of fused-ring (bicyclic) bond motifs is 1. The topological polar surface area (TPSA) is 76.4 Å². The van der Waals surface area contributed by atoms with Gasteiger partial charge >= 0.3 is 0 Å². The van der Waals surface area contributed by atoms with Gasteiger partial charge in [0.2, 0.25) is 5.91 Å². The number of carbonyl (C=O) groups is 1. The van der Waals surface area contributed by atoms with Gasteiger partial charge in [-0.05, 0) is 23.8 Å². The summed E-state index contributed by atoms with van der Waals surface area (Å²) in [6.45, 7) is 2.35. The minimum absolute atomic E-state index is 0.107. The normalized spacial score (nSPS) is 19.5. The Morgan fingerprint density at radius 3 is 2.77 bits per heavy atom. The number of rotatable bonds is 3. The minimum Gasteiger partial charge on any atom is -0.489 e. The summed E-state index contributed by atoms with van der Waals surface area (Å²) in [6.07, 6.45) is 0. The van der Waals surface area contributed by atoms with Crippen molar-refractivity contribution in [1.29, 1.82) is 0 Å². The monoisotopic (exact) mass is 297 g/mol. The zero-order valence-corrected chi connectivity index (χ0v) is 12.4. The molecule has 1 amide bonds. The molecule has 0 saturated carbocycles. The lowest BCUT2D eigenvalue weighted by Gasteiger charge is -2.39. The fraction of sp³-hybridized carbons (Fsp3) is 0.235. The van der Waals surface area contributed by atoms with Crippen LogP contribution < -0.4 is 21.1 Å². The Morgan fingerprint density at radius 2 is 2.09 bits per heavy atom. The van der Waals surface area contributed by atoms with Gasteiger partial charge in [0.15, 0.2) is 0 Å². The first-order chi connectivity index (χ1) is 10.6. The molecule has 0 spiro atoms. The van der Waals surface area contributed by atoms with Crippen molar-refractivity contribution in [3.8, 4) is 5.75 Å². The van der Waals surface area contributed by atoms with Crippen molar-refractivity contribution in [2.24, 2.45) is 5.73 Å². The number of amides is 1. The molecule has 114 valence electrons. The molecule has 22 heavy (non-hydrogen) atoms. The van der Waals surface area contributed by atoms with Crippen molar-refractivity contribution in [2.75, 3.05) is 23.8 Å². The van der Waals surface area contributed by atoms with Crippen LogP contribution in [0.4, 0.5) is 11.4 Å². The second-order valence-electron chi connectivity index (χ2n) is 5.46. The van der Waals surface area contributed by atoms with Crippen LogP contribution in [0.15, 0.2) is 48.5 Å². The quantitative estimate of drug-likeness (QED) is 0.812. The smallest absolute Gasteiger partial charge is 0.221 e. The van der Waals surface area contributed by atoms with E-state index in [-0.39, 0.29) is 5.91 Å². The summed E-state index contributed by atoms with van der Waals surface area (Å²) in [6, 6.07) is 15.5. The van der Waals surface area contributed by atoms with Gasteiger partial charge in [0.05, 0.1) is 5.69 Å². The maximum atomic E-state index is 11.2. The minimum atomic E-state index is -0.469. The summed E-state index contributed by atoms with van der Waals surface area (Å²) in [7, 11) is 0. The molecule has 4 N–H and O–H groups in total. The Kier molecular flexibility index (Phi) is 3.73. The first-order valence-electron chi connectivity index (χ1n) is 7.21. The zero-order chi connectivity index (χ0) is 15.6. The highest BCUT2D eigenvalue weighted by atomic mass is 16.5. The van der Waals surface area contributed by atoms with E-state index in [1.807, 2.05) is 48.5 Å². The molecule has 1 unspecified atom stereocenters. The van der Waals surface area contributed by atoms with Crippen molar-refractivity contribution in [2.45, 2.75) is 12.5 Å². The molecule has 1 atom stereocenters. The molecule has 0 saturated heterocycles. The molecule has 2 aromatic carbocycles. The summed E-state index contributed by atoms with van der Waals surface area (Å²) in [4.78, 5) is 11.2. The largest absolute Gasteiger partial charge is 0.489 e. The van der Waals surface area contributed by atoms with E-state index in [0.29, 0.717) is 13.2 Å². The highest BCUT2D eigenvalue weighted by Crippen LogP contribution is 2.38. The summed E-state index contributed by atoms with van der Waals surface area (Å²) in [5.41, 5.74) is 8.19. The van der Waals surface area contributed by atoms with Gasteiger partial charge in [0.25, 0.3) is 0 Å². The summed E-state index contributed by atoms with van der Waals surface area (Å²) in [5, 5.41) is 6.26. The number of nitrogens with one attached hydrogen (secondary N) is 2. The van der Waals surface area contributed by atoms with Crippen LogP contribution in [-0.4, -0.2) is 19.1 Å². The molecule has 1 heterocycles. The fourth-order valence-corrected chi connectivity index (χ4v) is 2.67. The SMILES string of the molecule is CC(=O)Nc1ccc2c(c1)NC(CN)(c1ccccc1)CO2. The molecule has 0 radical (unpaired) electrons. The first kappa shape index (κ1) is 14.4. The van der Waals surface area contributed by atoms with Gasteiger partial charge in [-0.2, -0.15) is 0 Å². The van der Waals surface area contributed by atoms with E-state index >= 15 is 0 Å². The number of hydrogen-bond acceptors (Lipinski definition) is 4. The van der Waals surface area contributed by atoms with Gasteiger partial charge in [-0.1, -0.05) is 30.3 Å². The molecule has 0 bridgehead atoms. The molecule has 0 fully saturated rings. The third kappa shape index (κ3) is 2.63. The Labute approximate surface area is 129 Å². The van der Waals surface area contributed by atoms with Crippen molar-refractivity contribution in [3.63, 3.8) is 0 Å². The second-order valence-corrected chi connectivity index (χ2v) is 5.46. The van der Waals surface area contributed by atoms with E-state index in [4.69, 9.17) is 10.5 Å². The van der Waals surface area contributed by atoms with Crippen LogP contribution in [0.5, 0.6) is 5.75 Å². The van der Waals surface area contributed by atoms with Crippen molar-refractivity contribution < 1.29 is 9.53 Å². The van der Waals surface area contributed by atoms with Crippen molar-refractivity contribution in [1.82, 2.24) is 0 Å². The van der Waals surface area contributed by atoms with Crippen LogP contribution in [0, 0.1) is 0 Å². The number of carbonyl (C=O) groups excluding carboxylic acids is 1. The lowest BCUT2D eigenvalue weighted by molar-refractivity contribution is -0.114. The lowest BCUT2D eigenvalue weighted by atomic mass is 9.89. The second kappa shape index (κ2) is 5.69. The van der Waals surface area contributed by atoms with Crippen LogP contribution in [0.25, 0.3) is 0 Å². The third-order valence-electron chi connectivity index (χ3n) is 3.82. The maximum Gasteiger partial charge on any atom is 0.221 e. The molecule has 1 aliphatic heterocycles. The van der Waals surface area contributed by atoms with Gasteiger partial charge in [-0.15, -0.1) is 0 Å². The molecule has 0 aliphatic carbocycles. The van der Waals surface area contributed by atoms with E-state index in [1.165, 1.54) is 6.92 Å². The van der Waals surface area contributed by atoms with Gasteiger partial charge in [0, 0.05) is 19.2 Å². The van der Waals surface area contributed by atoms with Crippen LogP contribution in [0.1, 0.15) is 12.5 Å². The van der Waals surface area contributed by atoms with E-state index in [0.717, 1.165) is 22.7 Å².